The molecule has 0 saturated carbocycles. The first-order valence-corrected chi connectivity index (χ1v) is 4.81. The third-order valence-electron chi connectivity index (χ3n) is 2.23. The van der Waals surface area contributed by atoms with E-state index in [0.29, 0.717) is 18.7 Å². The topological polar surface area (TPSA) is 69.6 Å². The molecule has 1 aliphatic rings. The SMILES string of the molecule is O=C(O)c1cscc1C1(O)CNC1. The predicted octanol–water partition coefficient (Wildman–Crippen LogP) is 0.237. The van der Waals surface area contributed by atoms with Gasteiger partial charge in [0.1, 0.15) is 5.60 Å². The molecule has 1 aliphatic heterocycles. The fraction of sp³-hybridized carbons (Fsp3) is 0.375. The van der Waals surface area contributed by atoms with E-state index in [0.717, 1.165) is 0 Å². The Morgan fingerprint density at radius 2 is 2.23 bits per heavy atom. The molecule has 13 heavy (non-hydrogen) atoms. The van der Waals surface area contributed by atoms with Gasteiger partial charge in [0, 0.05) is 24.0 Å². The molecule has 1 fully saturated rings. The number of thiophene rings is 1. The molecule has 5 heteroatoms. The van der Waals surface area contributed by atoms with E-state index in [1.54, 1.807) is 10.8 Å². The molecule has 1 saturated heterocycles. The lowest BCUT2D eigenvalue weighted by Gasteiger charge is -2.37. The molecule has 0 bridgehead atoms. The first-order chi connectivity index (χ1) is 6.13. The van der Waals surface area contributed by atoms with Gasteiger partial charge in [0.15, 0.2) is 0 Å². The van der Waals surface area contributed by atoms with Crippen LogP contribution in [0.25, 0.3) is 0 Å². The van der Waals surface area contributed by atoms with Crippen molar-refractivity contribution in [1.29, 1.82) is 0 Å². The number of carbonyl (C=O) groups is 1. The van der Waals surface area contributed by atoms with Crippen molar-refractivity contribution in [1.82, 2.24) is 5.32 Å². The standard InChI is InChI=1S/C8H9NO3S/c10-7(11)5-1-13-2-6(5)8(12)3-9-4-8/h1-2,9,12H,3-4H2,(H,10,11). The van der Waals surface area contributed by atoms with Crippen molar-refractivity contribution in [2.45, 2.75) is 5.60 Å². The number of carboxylic acid groups (broad SMARTS) is 1. The maximum absolute atomic E-state index is 10.7. The number of hydrogen-bond acceptors (Lipinski definition) is 4. The summed E-state index contributed by atoms with van der Waals surface area (Å²) < 4.78 is 0. The van der Waals surface area contributed by atoms with Crippen molar-refractivity contribution in [3.8, 4) is 0 Å². The van der Waals surface area contributed by atoms with Crippen LogP contribution in [0.4, 0.5) is 0 Å². The van der Waals surface area contributed by atoms with Crippen molar-refractivity contribution >= 4 is 17.3 Å². The molecule has 0 aromatic carbocycles. The second kappa shape index (κ2) is 2.80. The van der Waals surface area contributed by atoms with Crippen molar-refractivity contribution in [3.05, 3.63) is 21.9 Å². The minimum atomic E-state index is -0.975. The van der Waals surface area contributed by atoms with Crippen molar-refractivity contribution in [3.63, 3.8) is 0 Å². The van der Waals surface area contributed by atoms with E-state index in [9.17, 15) is 9.90 Å². The van der Waals surface area contributed by atoms with E-state index in [-0.39, 0.29) is 5.56 Å². The van der Waals surface area contributed by atoms with Gasteiger partial charge in [-0.05, 0) is 5.38 Å². The Morgan fingerprint density at radius 1 is 1.54 bits per heavy atom. The van der Waals surface area contributed by atoms with E-state index in [4.69, 9.17) is 5.11 Å². The maximum atomic E-state index is 10.7. The van der Waals surface area contributed by atoms with Gasteiger partial charge >= 0.3 is 5.97 Å². The monoisotopic (exact) mass is 199 g/mol. The van der Waals surface area contributed by atoms with Gasteiger partial charge in [-0.15, -0.1) is 0 Å². The lowest BCUT2D eigenvalue weighted by molar-refractivity contribution is -0.0153. The van der Waals surface area contributed by atoms with Gasteiger partial charge in [0.05, 0.1) is 5.56 Å². The molecule has 0 aliphatic carbocycles. The number of rotatable bonds is 2. The van der Waals surface area contributed by atoms with Crippen LogP contribution in [-0.2, 0) is 5.60 Å². The van der Waals surface area contributed by atoms with Crippen LogP contribution >= 0.6 is 11.3 Å². The van der Waals surface area contributed by atoms with Crippen LogP contribution in [0.15, 0.2) is 10.8 Å². The molecule has 2 heterocycles. The van der Waals surface area contributed by atoms with Crippen LogP contribution in [0, 0.1) is 0 Å². The predicted molar refractivity (Wildman–Crippen MR) is 48.0 cm³/mol. The highest BCUT2D eigenvalue weighted by Gasteiger charge is 2.39. The van der Waals surface area contributed by atoms with Crippen LogP contribution in [0.1, 0.15) is 15.9 Å². The molecule has 0 radical (unpaired) electrons. The molecular formula is C8H9NO3S. The van der Waals surface area contributed by atoms with Crippen LogP contribution in [0.5, 0.6) is 0 Å². The highest BCUT2D eigenvalue weighted by atomic mass is 32.1. The summed E-state index contributed by atoms with van der Waals surface area (Å²) in [6.45, 7) is 0.869. The van der Waals surface area contributed by atoms with Gasteiger partial charge in [-0.2, -0.15) is 11.3 Å². The Kier molecular flexibility index (Phi) is 1.87. The Hall–Kier alpha value is -0.910. The Morgan fingerprint density at radius 3 is 2.69 bits per heavy atom. The highest BCUT2D eigenvalue weighted by molar-refractivity contribution is 7.08. The fourth-order valence-electron chi connectivity index (χ4n) is 1.38. The van der Waals surface area contributed by atoms with Gasteiger partial charge in [0.2, 0.25) is 0 Å². The molecule has 1 aromatic rings. The molecule has 3 N–H and O–H groups in total. The Bertz CT molecular complexity index is 343. The number of carboxylic acids is 1. The maximum Gasteiger partial charge on any atom is 0.336 e. The summed E-state index contributed by atoms with van der Waals surface area (Å²) in [7, 11) is 0. The summed E-state index contributed by atoms with van der Waals surface area (Å²) in [5.74, 6) is -0.975. The average molecular weight is 199 g/mol. The highest BCUT2D eigenvalue weighted by Crippen LogP contribution is 2.30. The van der Waals surface area contributed by atoms with E-state index in [1.165, 1.54) is 11.3 Å². The molecule has 0 atom stereocenters. The van der Waals surface area contributed by atoms with Crippen molar-refractivity contribution in [2.24, 2.45) is 0 Å². The normalized spacial score (nSPS) is 19.5. The van der Waals surface area contributed by atoms with E-state index < -0.39 is 11.6 Å². The second-order valence-corrected chi connectivity index (χ2v) is 3.88. The lowest BCUT2D eigenvalue weighted by atomic mass is 9.88. The zero-order valence-corrected chi connectivity index (χ0v) is 7.60. The summed E-state index contributed by atoms with van der Waals surface area (Å²) >= 11 is 1.30. The van der Waals surface area contributed by atoms with Gasteiger partial charge in [-0.25, -0.2) is 4.79 Å². The van der Waals surface area contributed by atoms with Gasteiger partial charge < -0.3 is 15.5 Å². The smallest absolute Gasteiger partial charge is 0.336 e. The van der Waals surface area contributed by atoms with Crippen molar-refractivity contribution in [2.75, 3.05) is 13.1 Å². The van der Waals surface area contributed by atoms with E-state index in [2.05, 4.69) is 5.32 Å². The third kappa shape index (κ3) is 1.25. The van der Waals surface area contributed by atoms with Gasteiger partial charge in [-0.1, -0.05) is 0 Å². The quantitative estimate of drug-likeness (QED) is 0.638. The molecule has 4 nitrogen and oxygen atoms in total. The molecule has 2 rings (SSSR count). The van der Waals surface area contributed by atoms with Gasteiger partial charge in [-0.3, -0.25) is 0 Å². The summed E-state index contributed by atoms with van der Waals surface area (Å²) in [6.07, 6.45) is 0. The Labute approximate surface area is 78.8 Å². The second-order valence-electron chi connectivity index (χ2n) is 3.14. The number of aliphatic hydroxyl groups is 1. The first kappa shape index (κ1) is 8.68. The average Bonchev–Trinajstić information content (AvgIpc) is 2.47. The summed E-state index contributed by atoms with van der Waals surface area (Å²) in [5, 5.41) is 24.9. The largest absolute Gasteiger partial charge is 0.478 e. The van der Waals surface area contributed by atoms with Crippen molar-refractivity contribution < 1.29 is 15.0 Å². The fourth-order valence-corrected chi connectivity index (χ4v) is 2.29. The van der Waals surface area contributed by atoms with E-state index >= 15 is 0 Å². The minimum absolute atomic E-state index is 0.217. The molecule has 1 aromatic heterocycles. The van der Waals surface area contributed by atoms with Crippen LogP contribution in [0.2, 0.25) is 0 Å². The first-order valence-electron chi connectivity index (χ1n) is 3.86. The number of aromatic carboxylic acids is 1. The Balaban J connectivity index is 2.39. The lowest BCUT2D eigenvalue weighted by Crippen LogP contribution is -2.57. The number of hydrogen-bond donors (Lipinski definition) is 3. The minimum Gasteiger partial charge on any atom is -0.478 e. The van der Waals surface area contributed by atoms with Crippen LogP contribution in [0.3, 0.4) is 0 Å². The molecular weight excluding hydrogens is 190 g/mol. The third-order valence-corrected chi connectivity index (χ3v) is 2.97. The zero-order valence-electron chi connectivity index (χ0n) is 6.78. The zero-order chi connectivity index (χ0) is 9.47. The number of nitrogens with one attached hydrogen (secondary N) is 1. The van der Waals surface area contributed by atoms with Gasteiger partial charge in [0.25, 0.3) is 0 Å². The summed E-state index contributed by atoms with van der Waals surface area (Å²) in [4.78, 5) is 10.7. The molecule has 0 spiro atoms. The molecule has 0 unspecified atom stereocenters. The van der Waals surface area contributed by atoms with Crippen LogP contribution < -0.4 is 5.32 Å². The number of β-amino-alcohol motifs (C(OH)–C–C–N with tert-alkyl or cyclic N) is 1. The summed E-state index contributed by atoms with van der Waals surface area (Å²) in [6, 6.07) is 0. The summed E-state index contributed by atoms with van der Waals surface area (Å²) in [5.41, 5.74) is -0.217. The van der Waals surface area contributed by atoms with E-state index in [1.807, 2.05) is 0 Å². The van der Waals surface area contributed by atoms with Crippen LogP contribution in [-0.4, -0.2) is 29.3 Å². The molecule has 70 valence electrons. The molecule has 0 amide bonds.